The molecule has 3 rings (SSSR count). The Morgan fingerprint density at radius 1 is 1.05 bits per heavy atom. The van der Waals surface area contributed by atoms with Crippen molar-refractivity contribution in [3.63, 3.8) is 0 Å². The Balaban J connectivity index is 1.89. The predicted molar refractivity (Wildman–Crippen MR) is 75.9 cm³/mol. The van der Waals surface area contributed by atoms with Gasteiger partial charge in [0.25, 0.3) is 0 Å². The van der Waals surface area contributed by atoms with Crippen LogP contribution in [0, 0.1) is 0 Å². The van der Waals surface area contributed by atoms with Crippen molar-refractivity contribution >= 4 is 11.7 Å². The number of amides is 2. The van der Waals surface area contributed by atoms with E-state index in [9.17, 15) is 4.79 Å². The summed E-state index contributed by atoms with van der Waals surface area (Å²) in [4.78, 5) is 14.0. The summed E-state index contributed by atoms with van der Waals surface area (Å²) in [6.07, 6.45) is 0. The smallest absolute Gasteiger partial charge is 0.313 e. The molecule has 1 aliphatic rings. The molecule has 0 unspecified atom stereocenters. The third-order valence-corrected chi connectivity index (χ3v) is 3.58. The number of nitrogens with one attached hydrogen (secondary N) is 1. The number of carbonyl (C=O) groups is 1. The van der Waals surface area contributed by atoms with Crippen molar-refractivity contribution in [3.05, 3.63) is 65.7 Å². The summed E-state index contributed by atoms with van der Waals surface area (Å²) in [7, 11) is 0. The summed E-state index contributed by atoms with van der Waals surface area (Å²) >= 11 is 0. The van der Waals surface area contributed by atoms with Gasteiger partial charge < -0.3 is 10.2 Å². The van der Waals surface area contributed by atoms with Gasteiger partial charge in [-0.1, -0.05) is 48.5 Å². The van der Waals surface area contributed by atoms with Gasteiger partial charge in [0.05, 0.1) is 6.04 Å². The van der Waals surface area contributed by atoms with Gasteiger partial charge in [-0.15, -0.1) is 0 Å². The fourth-order valence-electron chi connectivity index (χ4n) is 2.49. The summed E-state index contributed by atoms with van der Waals surface area (Å²) in [5.41, 5.74) is 3.23. The number of anilines is 1. The van der Waals surface area contributed by atoms with E-state index in [2.05, 4.69) is 18.3 Å². The Hall–Kier alpha value is -2.29. The van der Waals surface area contributed by atoms with Gasteiger partial charge in [-0.3, -0.25) is 0 Å². The number of hydrogen-bond acceptors (Lipinski definition) is 1. The molecule has 3 nitrogen and oxygen atoms in total. The molecule has 0 saturated carbocycles. The van der Waals surface area contributed by atoms with E-state index in [-0.39, 0.29) is 12.1 Å². The van der Waals surface area contributed by atoms with Crippen molar-refractivity contribution in [1.29, 1.82) is 0 Å². The van der Waals surface area contributed by atoms with Gasteiger partial charge >= 0.3 is 6.03 Å². The number of nitrogens with zero attached hydrogens (tertiary/aromatic N) is 1. The average Bonchev–Trinajstić information content (AvgIpc) is 2.45. The number of para-hydroxylation sites is 1. The lowest BCUT2D eigenvalue weighted by molar-refractivity contribution is 0.186. The largest absolute Gasteiger partial charge is 0.322 e. The van der Waals surface area contributed by atoms with Crippen LogP contribution in [0.1, 0.15) is 24.1 Å². The van der Waals surface area contributed by atoms with Gasteiger partial charge in [-0.05, 0) is 24.1 Å². The quantitative estimate of drug-likeness (QED) is 0.866. The van der Waals surface area contributed by atoms with Crippen LogP contribution in [0.25, 0.3) is 0 Å². The zero-order chi connectivity index (χ0) is 13.2. The molecule has 2 amide bonds. The zero-order valence-electron chi connectivity index (χ0n) is 10.8. The minimum absolute atomic E-state index is 0.0324. The van der Waals surface area contributed by atoms with Crippen molar-refractivity contribution in [2.75, 3.05) is 5.32 Å². The van der Waals surface area contributed by atoms with Gasteiger partial charge in [-0.2, -0.15) is 0 Å². The molecule has 19 heavy (non-hydrogen) atoms. The van der Waals surface area contributed by atoms with E-state index < -0.39 is 0 Å². The van der Waals surface area contributed by atoms with Crippen LogP contribution >= 0.6 is 0 Å². The first-order chi connectivity index (χ1) is 9.25. The number of fused-ring (bicyclic) bond motifs is 1. The fourth-order valence-corrected chi connectivity index (χ4v) is 2.49. The van der Waals surface area contributed by atoms with Gasteiger partial charge in [0.15, 0.2) is 0 Å². The summed E-state index contributed by atoms with van der Waals surface area (Å²) < 4.78 is 0. The Kier molecular flexibility index (Phi) is 2.95. The maximum Gasteiger partial charge on any atom is 0.322 e. The van der Waals surface area contributed by atoms with E-state index in [1.54, 1.807) is 0 Å². The fraction of sp³-hybridized carbons (Fsp3) is 0.188. The average molecular weight is 252 g/mol. The Morgan fingerprint density at radius 2 is 1.74 bits per heavy atom. The van der Waals surface area contributed by atoms with Crippen molar-refractivity contribution in [2.24, 2.45) is 0 Å². The van der Waals surface area contributed by atoms with Crippen molar-refractivity contribution < 1.29 is 4.79 Å². The minimum atomic E-state index is -0.0324. The van der Waals surface area contributed by atoms with Crippen LogP contribution in [0.15, 0.2) is 54.6 Å². The molecule has 0 aromatic heterocycles. The molecule has 0 aliphatic carbocycles. The molecule has 1 atom stereocenters. The lowest BCUT2D eigenvalue weighted by Gasteiger charge is -2.35. The maximum atomic E-state index is 12.2. The SMILES string of the molecule is C[C@@H]1c2ccccc2NC(=O)N1Cc1ccccc1. The molecule has 1 aliphatic heterocycles. The van der Waals surface area contributed by atoms with Crippen LogP contribution in [0.5, 0.6) is 0 Å². The predicted octanol–water partition coefficient (Wildman–Crippen LogP) is 3.80. The van der Waals surface area contributed by atoms with Crippen LogP contribution in [0.3, 0.4) is 0 Å². The molecule has 2 aromatic carbocycles. The molecule has 3 heteroatoms. The monoisotopic (exact) mass is 252 g/mol. The standard InChI is InChI=1S/C16H16N2O/c1-12-14-9-5-6-10-15(14)17-16(19)18(12)11-13-7-3-2-4-8-13/h2-10,12H,11H2,1H3,(H,17,19)/t12-/m1/s1. The molecule has 0 radical (unpaired) electrons. The van der Waals surface area contributed by atoms with E-state index in [0.717, 1.165) is 16.8 Å². The van der Waals surface area contributed by atoms with Crippen LogP contribution in [0.4, 0.5) is 10.5 Å². The molecule has 1 heterocycles. The molecule has 0 bridgehead atoms. The van der Waals surface area contributed by atoms with Crippen LogP contribution in [-0.2, 0) is 6.54 Å². The lowest BCUT2D eigenvalue weighted by atomic mass is 10.0. The molecule has 2 aromatic rings. The highest BCUT2D eigenvalue weighted by Crippen LogP contribution is 2.33. The maximum absolute atomic E-state index is 12.2. The zero-order valence-corrected chi connectivity index (χ0v) is 10.8. The van der Waals surface area contributed by atoms with Crippen LogP contribution < -0.4 is 5.32 Å². The molecule has 0 fully saturated rings. The highest BCUT2D eigenvalue weighted by molar-refractivity contribution is 5.92. The van der Waals surface area contributed by atoms with E-state index in [4.69, 9.17) is 0 Å². The Bertz CT molecular complexity index is 595. The van der Waals surface area contributed by atoms with E-state index in [1.807, 2.05) is 53.4 Å². The molecule has 0 saturated heterocycles. The van der Waals surface area contributed by atoms with Gasteiger partial charge in [0.2, 0.25) is 0 Å². The van der Waals surface area contributed by atoms with Crippen molar-refractivity contribution in [3.8, 4) is 0 Å². The van der Waals surface area contributed by atoms with E-state index in [1.165, 1.54) is 0 Å². The molecule has 96 valence electrons. The number of rotatable bonds is 2. The van der Waals surface area contributed by atoms with Crippen molar-refractivity contribution in [1.82, 2.24) is 4.90 Å². The second-order valence-electron chi connectivity index (χ2n) is 4.81. The highest BCUT2D eigenvalue weighted by Gasteiger charge is 2.28. The second kappa shape index (κ2) is 4.76. The van der Waals surface area contributed by atoms with Gasteiger partial charge in [0.1, 0.15) is 0 Å². The second-order valence-corrected chi connectivity index (χ2v) is 4.81. The van der Waals surface area contributed by atoms with E-state index >= 15 is 0 Å². The summed E-state index contributed by atoms with van der Waals surface area (Å²) in [5, 5.41) is 2.95. The number of carbonyl (C=O) groups excluding carboxylic acids is 1. The third-order valence-electron chi connectivity index (χ3n) is 3.58. The summed E-state index contributed by atoms with van der Waals surface area (Å²) in [5.74, 6) is 0. The topological polar surface area (TPSA) is 32.3 Å². The molecular formula is C16H16N2O. The normalized spacial score (nSPS) is 17.8. The first-order valence-corrected chi connectivity index (χ1v) is 6.46. The lowest BCUT2D eigenvalue weighted by Crippen LogP contribution is -2.40. The first-order valence-electron chi connectivity index (χ1n) is 6.46. The van der Waals surface area contributed by atoms with Crippen LogP contribution in [-0.4, -0.2) is 10.9 Å². The first kappa shape index (κ1) is 11.8. The number of hydrogen-bond donors (Lipinski definition) is 1. The van der Waals surface area contributed by atoms with Crippen LogP contribution in [0.2, 0.25) is 0 Å². The Labute approximate surface area is 112 Å². The molecule has 0 spiro atoms. The van der Waals surface area contributed by atoms with Gasteiger partial charge in [0, 0.05) is 12.2 Å². The van der Waals surface area contributed by atoms with Crippen molar-refractivity contribution in [2.45, 2.75) is 19.5 Å². The molecular weight excluding hydrogens is 236 g/mol. The minimum Gasteiger partial charge on any atom is -0.313 e. The Morgan fingerprint density at radius 3 is 2.53 bits per heavy atom. The molecule has 1 N–H and O–H groups in total. The third kappa shape index (κ3) is 2.19. The summed E-state index contributed by atoms with van der Waals surface area (Å²) in [6, 6.07) is 18.1. The number of benzene rings is 2. The number of urea groups is 1. The van der Waals surface area contributed by atoms with E-state index in [0.29, 0.717) is 6.54 Å². The highest BCUT2D eigenvalue weighted by atomic mass is 16.2. The van der Waals surface area contributed by atoms with Gasteiger partial charge in [-0.25, -0.2) is 4.79 Å². The summed E-state index contributed by atoms with van der Waals surface area (Å²) in [6.45, 7) is 2.70.